The van der Waals surface area contributed by atoms with Crippen molar-refractivity contribution in [3.8, 4) is 5.75 Å². The van der Waals surface area contributed by atoms with Gasteiger partial charge in [-0.05, 0) is 76.8 Å². The van der Waals surface area contributed by atoms with Gasteiger partial charge in [-0.3, -0.25) is 9.59 Å². The average Bonchev–Trinajstić information content (AvgIpc) is 2.67. The molecule has 2 rings (SSSR count). The smallest absolute Gasteiger partial charge is 0.261 e. The number of amides is 2. The molecule has 0 bridgehead atoms. The third-order valence-corrected chi connectivity index (χ3v) is 5.16. The maximum absolute atomic E-state index is 13.2. The molecule has 0 aliphatic carbocycles. The molecule has 0 spiro atoms. The van der Waals surface area contributed by atoms with Crippen molar-refractivity contribution in [3.63, 3.8) is 0 Å². The molecule has 0 aliphatic heterocycles. The number of rotatable bonds is 8. The molecule has 5 heteroatoms. The van der Waals surface area contributed by atoms with Crippen LogP contribution in [0.5, 0.6) is 5.75 Å². The number of nitrogens with one attached hydrogen (secondary N) is 1. The van der Waals surface area contributed by atoms with Gasteiger partial charge in [0.1, 0.15) is 11.8 Å². The van der Waals surface area contributed by atoms with Gasteiger partial charge in [-0.15, -0.1) is 0 Å². The summed E-state index contributed by atoms with van der Waals surface area (Å²) < 4.78 is 5.80. The largest absolute Gasteiger partial charge is 0.484 e. The molecule has 2 aromatic carbocycles. The Hall–Kier alpha value is -2.82. The molecule has 2 aromatic rings. The molecule has 1 atom stereocenters. The first-order valence-corrected chi connectivity index (χ1v) is 10.9. The van der Waals surface area contributed by atoms with Crippen molar-refractivity contribution >= 4 is 11.8 Å². The third kappa shape index (κ3) is 7.42. The van der Waals surface area contributed by atoms with Crippen LogP contribution < -0.4 is 10.1 Å². The van der Waals surface area contributed by atoms with Crippen molar-refractivity contribution in [1.29, 1.82) is 0 Å². The summed E-state index contributed by atoms with van der Waals surface area (Å²) in [6, 6.07) is 13.2. The molecular weight excluding hydrogens is 388 g/mol. The van der Waals surface area contributed by atoms with Crippen molar-refractivity contribution in [2.24, 2.45) is 0 Å². The number of nitrogens with zero attached hydrogens (tertiary/aromatic N) is 1. The highest BCUT2D eigenvalue weighted by molar-refractivity contribution is 5.88. The van der Waals surface area contributed by atoms with E-state index in [9.17, 15) is 9.59 Å². The number of benzene rings is 2. The molecular formula is C26H36N2O3. The number of hydrogen-bond donors (Lipinski definition) is 1. The summed E-state index contributed by atoms with van der Waals surface area (Å²) in [6.07, 6.45) is 0.517. The fourth-order valence-corrected chi connectivity index (χ4v) is 3.41. The second-order valence-corrected chi connectivity index (χ2v) is 9.21. The standard InChI is InChI=1S/C26H36N2O3/c1-8-23(25(30)27-26(5,6)7)28(16-21-11-9-10-18(2)14-21)24(29)17-31-22-13-12-19(3)20(4)15-22/h9-15,23H,8,16-17H2,1-7H3,(H,27,30)/t23-/m1/s1. The highest BCUT2D eigenvalue weighted by atomic mass is 16.5. The molecule has 168 valence electrons. The van der Waals surface area contributed by atoms with Crippen LogP contribution in [-0.4, -0.2) is 34.9 Å². The summed E-state index contributed by atoms with van der Waals surface area (Å²) in [5.41, 5.74) is 4.01. The van der Waals surface area contributed by atoms with E-state index >= 15 is 0 Å². The summed E-state index contributed by atoms with van der Waals surface area (Å²) in [7, 11) is 0. The van der Waals surface area contributed by atoms with Gasteiger partial charge >= 0.3 is 0 Å². The topological polar surface area (TPSA) is 58.6 Å². The normalized spacial score (nSPS) is 12.2. The van der Waals surface area contributed by atoms with Crippen molar-refractivity contribution in [2.75, 3.05) is 6.61 Å². The van der Waals surface area contributed by atoms with Gasteiger partial charge in [0, 0.05) is 12.1 Å². The molecule has 0 unspecified atom stereocenters. The molecule has 1 N–H and O–H groups in total. The lowest BCUT2D eigenvalue weighted by Crippen LogP contribution is -2.54. The van der Waals surface area contributed by atoms with E-state index in [1.807, 2.05) is 90.9 Å². The lowest BCUT2D eigenvalue weighted by Gasteiger charge is -2.33. The fourth-order valence-electron chi connectivity index (χ4n) is 3.41. The predicted octanol–water partition coefficient (Wildman–Crippen LogP) is 4.71. The SMILES string of the molecule is CC[C@H](C(=O)NC(C)(C)C)N(Cc1cccc(C)c1)C(=O)COc1ccc(C)c(C)c1. The van der Waals surface area contributed by atoms with Gasteiger partial charge in [0.25, 0.3) is 5.91 Å². The minimum absolute atomic E-state index is 0.117. The lowest BCUT2D eigenvalue weighted by atomic mass is 10.1. The van der Waals surface area contributed by atoms with Gasteiger partial charge in [-0.2, -0.15) is 0 Å². The summed E-state index contributed by atoms with van der Waals surface area (Å²) in [6.45, 7) is 14.0. The molecule has 5 nitrogen and oxygen atoms in total. The molecule has 0 saturated carbocycles. The van der Waals surface area contributed by atoms with Crippen LogP contribution in [0.25, 0.3) is 0 Å². The number of ether oxygens (including phenoxy) is 1. The van der Waals surface area contributed by atoms with Gasteiger partial charge in [0.05, 0.1) is 0 Å². The summed E-state index contributed by atoms with van der Waals surface area (Å²) in [4.78, 5) is 27.9. The van der Waals surface area contributed by atoms with E-state index in [-0.39, 0.29) is 24.0 Å². The van der Waals surface area contributed by atoms with Crippen LogP contribution in [0.3, 0.4) is 0 Å². The van der Waals surface area contributed by atoms with Gasteiger partial charge in [-0.1, -0.05) is 42.8 Å². The first-order valence-electron chi connectivity index (χ1n) is 10.9. The number of hydrogen-bond acceptors (Lipinski definition) is 3. The van der Waals surface area contributed by atoms with Crippen molar-refractivity contribution in [2.45, 2.75) is 73.0 Å². The lowest BCUT2D eigenvalue weighted by molar-refractivity contribution is -0.143. The van der Waals surface area contributed by atoms with E-state index in [0.717, 1.165) is 16.7 Å². The Balaban J connectivity index is 2.24. The zero-order valence-electron chi connectivity index (χ0n) is 19.9. The Morgan fingerprint density at radius 1 is 1.03 bits per heavy atom. The fraction of sp³-hybridized carbons (Fsp3) is 0.462. The minimum Gasteiger partial charge on any atom is -0.484 e. The van der Waals surface area contributed by atoms with E-state index in [2.05, 4.69) is 5.32 Å². The van der Waals surface area contributed by atoms with Crippen LogP contribution in [0, 0.1) is 20.8 Å². The molecule has 0 aromatic heterocycles. The number of carbonyl (C=O) groups is 2. The highest BCUT2D eigenvalue weighted by Gasteiger charge is 2.30. The Labute approximate surface area is 186 Å². The van der Waals surface area contributed by atoms with Crippen LogP contribution in [0.2, 0.25) is 0 Å². The van der Waals surface area contributed by atoms with Gasteiger partial charge in [-0.25, -0.2) is 0 Å². The Kier molecular flexibility index (Phi) is 8.26. The minimum atomic E-state index is -0.574. The molecule has 0 fully saturated rings. The average molecular weight is 425 g/mol. The predicted molar refractivity (Wildman–Crippen MR) is 125 cm³/mol. The number of aryl methyl sites for hydroxylation is 3. The van der Waals surface area contributed by atoms with Gasteiger partial charge in [0.15, 0.2) is 6.61 Å². The second-order valence-electron chi connectivity index (χ2n) is 9.21. The maximum Gasteiger partial charge on any atom is 0.261 e. The van der Waals surface area contributed by atoms with E-state index in [1.165, 1.54) is 5.56 Å². The van der Waals surface area contributed by atoms with Crippen LogP contribution in [0.15, 0.2) is 42.5 Å². The zero-order chi connectivity index (χ0) is 23.2. The summed E-state index contributed by atoms with van der Waals surface area (Å²) in [5.74, 6) is 0.289. The Morgan fingerprint density at radius 3 is 2.32 bits per heavy atom. The quantitative estimate of drug-likeness (QED) is 0.667. The first kappa shape index (κ1) is 24.4. The van der Waals surface area contributed by atoms with Crippen molar-refractivity contribution in [1.82, 2.24) is 10.2 Å². The van der Waals surface area contributed by atoms with E-state index in [0.29, 0.717) is 18.7 Å². The van der Waals surface area contributed by atoms with E-state index in [1.54, 1.807) is 4.90 Å². The molecule has 0 heterocycles. The van der Waals surface area contributed by atoms with Gasteiger partial charge < -0.3 is 15.0 Å². The summed E-state index contributed by atoms with van der Waals surface area (Å²) in [5, 5.41) is 3.02. The van der Waals surface area contributed by atoms with Crippen LogP contribution in [0.4, 0.5) is 0 Å². The van der Waals surface area contributed by atoms with E-state index in [4.69, 9.17) is 4.74 Å². The molecule has 31 heavy (non-hydrogen) atoms. The van der Waals surface area contributed by atoms with Crippen molar-refractivity contribution in [3.05, 3.63) is 64.7 Å². The molecule has 0 aliphatic rings. The first-order chi connectivity index (χ1) is 14.5. The molecule has 2 amide bonds. The van der Waals surface area contributed by atoms with Crippen LogP contribution in [-0.2, 0) is 16.1 Å². The third-order valence-electron chi connectivity index (χ3n) is 5.16. The van der Waals surface area contributed by atoms with Crippen LogP contribution >= 0.6 is 0 Å². The highest BCUT2D eigenvalue weighted by Crippen LogP contribution is 2.18. The van der Waals surface area contributed by atoms with Crippen LogP contribution in [0.1, 0.15) is 56.4 Å². The molecule has 0 radical (unpaired) electrons. The second kappa shape index (κ2) is 10.5. The number of carbonyl (C=O) groups excluding carboxylic acids is 2. The monoisotopic (exact) mass is 424 g/mol. The van der Waals surface area contributed by atoms with Gasteiger partial charge in [0.2, 0.25) is 5.91 Å². The maximum atomic E-state index is 13.2. The summed E-state index contributed by atoms with van der Waals surface area (Å²) >= 11 is 0. The Bertz CT molecular complexity index is 915. The Morgan fingerprint density at radius 2 is 1.74 bits per heavy atom. The molecule has 0 saturated heterocycles. The van der Waals surface area contributed by atoms with Crippen molar-refractivity contribution < 1.29 is 14.3 Å². The van der Waals surface area contributed by atoms with E-state index < -0.39 is 6.04 Å². The zero-order valence-corrected chi connectivity index (χ0v) is 19.9.